The Labute approximate surface area is 162 Å². The lowest BCUT2D eigenvalue weighted by atomic mass is 9.94. The highest BCUT2D eigenvalue weighted by Gasteiger charge is 2.32. The van der Waals surface area contributed by atoms with Crippen molar-refractivity contribution in [2.75, 3.05) is 33.9 Å². The first kappa shape index (κ1) is 21.5. The first-order valence-electron chi connectivity index (χ1n) is 9.08. The van der Waals surface area contributed by atoms with Crippen LogP contribution in [0.5, 0.6) is 11.5 Å². The van der Waals surface area contributed by atoms with Gasteiger partial charge in [-0.05, 0) is 30.4 Å². The molecule has 0 radical (unpaired) electrons. The van der Waals surface area contributed by atoms with Crippen LogP contribution in [-0.4, -0.2) is 52.5 Å². The van der Waals surface area contributed by atoms with Crippen LogP contribution in [0.1, 0.15) is 33.6 Å². The Morgan fingerprint density at radius 3 is 2.26 bits per heavy atom. The highest BCUT2D eigenvalue weighted by Crippen LogP contribution is 2.32. The Bertz CT molecular complexity index is 763. The van der Waals surface area contributed by atoms with E-state index < -0.39 is 10.0 Å². The minimum atomic E-state index is -3.64. The fourth-order valence-corrected chi connectivity index (χ4v) is 4.47. The number of methoxy groups -OCH3 is 2. The summed E-state index contributed by atoms with van der Waals surface area (Å²) >= 11 is 0. The molecule has 0 unspecified atom stereocenters. The number of rotatable bonds is 6. The predicted octanol–water partition coefficient (Wildman–Crippen LogP) is 2.27. The van der Waals surface area contributed by atoms with Gasteiger partial charge in [0, 0.05) is 31.6 Å². The minimum absolute atomic E-state index is 0.00749. The third-order valence-corrected chi connectivity index (χ3v) is 6.51. The summed E-state index contributed by atoms with van der Waals surface area (Å²) in [6, 6.07) is 4.56. The number of piperidine rings is 1. The van der Waals surface area contributed by atoms with Gasteiger partial charge in [0.05, 0.1) is 19.1 Å². The predicted molar refractivity (Wildman–Crippen MR) is 103 cm³/mol. The quantitative estimate of drug-likeness (QED) is 0.795. The van der Waals surface area contributed by atoms with Crippen molar-refractivity contribution in [3.8, 4) is 11.5 Å². The van der Waals surface area contributed by atoms with Crippen LogP contribution in [0.15, 0.2) is 23.1 Å². The van der Waals surface area contributed by atoms with Gasteiger partial charge in [-0.2, -0.15) is 4.31 Å². The van der Waals surface area contributed by atoms with E-state index in [1.54, 1.807) is 6.07 Å². The molecule has 0 saturated carbocycles. The molecule has 1 N–H and O–H groups in total. The molecule has 27 heavy (non-hydrogen) atoms. The first-order valence-corrected chi connectivity index (χ1v) is 10.5. The van der Waals surface area contributed by atoms with Gasteiger partial charge in [-0.15, -0.1) is 0 Å². The molecule has 1 aromatic rings. The van der Waals surface area contributed by atoms with Crippen molar-refractivity contribution in [3.05, 3.63) is 18.2 Å². The lowest BCUT2D eigenvalue weighted by Gasteiger charge is -2.31. The summed E-state index contributed by atoms with van der Waals surface area (Å²) in [5.41, 5.74) is 0.0210. The van der Waals surface area contributed by atoms with E-state index in [2.05, 4.69) is 26.1 Å². The van der Waals surface area contributed by atoms with Gasteiger partial charge in [-0.3, -0.25) is 4.79 Å². The summed E-state index contributed by atoms with van der Waals surface area (Å²) in [7, 11) is -0.668. The van der Waals surface area contributed by atoms with E-state index in [-0.39, 0.29) is 22.1 Å². The molecule has 1 amide bonds. The van der Waals surface area contributed by atoms with Crippen molar-refractivity contribution in [3.63, 3.8) is 0 Å². The zero-order valence-corrected chi connectivity index (χ0v) is 17.6. The summed E-state index contributed by atoms with van der Waals surface area (Å²) in [5, 5.41) is 2.97. The van der Waals surface area contributed by atoms with Gasteiger partial charge in [-0.25, -0.2) is 8.42 Å². The number of hydrogen-bond donors (Lipinski definition) is 1. The number of nitrogens with one attached hydrogen (secondary N) is 1. The minimum Gasteiger partial charge on any atom is -0.493 e. The number of ether oxygens (including phenoxy) is 2. The highest BCUT2D eigenvalue weighted by molar-refractivity contribution is 7.89. The second-order valence-electron chi connectivity index (χ2n) is 7.97. The maximum Gasteiger partial charge on any atom is 0.243 e. The number of carbonyl (C=O) groups excluding carboxylic acids is 1. The molecule has 1 aliphatic rings. The molecule has 1 fully saturated rings. The largest absolute Gasteiger partial charge is 0.493 e. The molecule has 0 aliphatic carbocycles. The van der Waals surface area contributed by atoms with Crippen molar-refractivity contribution >= 4 is 15.9 Å². The van der Waals surface area contributed by atoms with Crippen LogP contribution in [0.4, 0.5) is 0 Å². The molecule has 0 spiro atoms. The van der Waals surface area contributed by atoms with Crippen LogP contribution in [-0.2, 0) is 14.8 Å². The van der Waals surface area contributed by atoms with E-state index >= 15 is 0 Å². The van der Waals surface area contributed by atoms with Crippen molar-refractivity contribution in [2.45, 2.75) is 38.5 Å². The van der Waals surface area contributed by atoms with Crippen LogP contribution < -0.4 is 14.8 Å². The van der Waals surface area contributed by atoms with Crippen LogP contribution in [0, 0.1) is 11.3 Å². The molecule has 1 saturated heterocycles. The molecule has 152 valence electrons. The third-order valence-electron chi connectivity index (χ3n) is 4.61. The van der Waals surface area contributed by atoms with Crippen LogP contribution in [0.3, 0.4) is 0 Å². The number of carbonyl (C=O) groups is 1. The zero-order valence-electron chi connectivity index (χ0n) is 16.7. The maximum atomic E-state index is 12.9. The van der Waals surface area contributed by atoms with Crippen LogP contribution >= 0.6 is 0 Å². The molecule has 8 heteroatoms. The summed E-state index contributed by atoms with van der Waals surface area (Å²) < 4.78 is 37.6. The Hall–Kier alpha value is -1.80. The number of amides is 1. The summed E-state index contributed by atoms with van der Waals surface area (Å²) in [4.78, 5) is 12.5. The third kappa shape index (κ3) is 5.35. The van der Waals surface area contributed by atoms with E-state index in [1.165, 1.54) is 30.7 Å². The van der Waals surface area contributed by atoms with E-state index in [0.29, 0.717) is 44.0 Å². The fourth-order valence-electron chi connectivity index (χ4n) is 2.98. The fraction of sp³-hybridized carbons (Fsp3) is 0.632. The molecule has 0 atom stereocenters. The van der Waals surface area contributed by atoms with Crippen LogP contribution in [0.2, 0.25) is 0 Å². The SMILES string of the molecule is COc1ccc(S(=O)(=O)N2CCC(C(=O)NCC(C)(C)C)CC2)cc1OC. The summed E-state index contributed by atoms with van der Waals surface area (Å²) in [5.74, 6) is 0.706. The number of nitrogens with zero attached hydrogens (tertiary/aromatic N) is 1. The molecule has 1 aliphatic heterocycles. The zero-order chi connectivity index (χ0) is 20.2. The average Bonchev–Trinajstić information content (AvgIpc) is 2.64. The van der Waals surface area contributed by atoms with E-state index in [4.69, 9.17) is 9.47 Å². The van der Waals surface area contributed by atoms with Crippen molar-refractivity contribution < 1.29 is 22.7 Å². The Morgan fingerprint density at radius 1 is 1.15 bits per heavy atom. The lowest BCUT2D eigenvalue weighted by Crippen LogP contribution is -2.44. The monoisotopic (exact) mass is 398 g/mol. The van der Waals surface area contributed by atoms with Gasteiger partial charge in [0.2, 0.25) is 15.9 Å². The van der Waals surface area contributed by atoms with Crippen molar-refractivity contribution in [2.24, 2.45) is 11.3 Å². The van der Waals surface area contributed by atoms with E-state index in [9.17, 15) is 13.2 Å². The summed E-state index contributed by atoms with van der Waals surface area (Å²) in [6.45, 7) is 7.44. The van der Waals surface area contributed by atoms with Crippen molar-refractivity contribution in [1.82, 2.24) is 9.62 Å². The normalized spacial score (nSPS) is 16.8. The van der Waals surface area contributed by atoms with Crippen LogP contribution in [0.25, 0.3) is 0 Å². The Kier molecular flexibility index (Phi) is 6.75. The molecule has 1 aromatic carbocycles. The van der Waals surface area contributed by atoms with E-state index in [1.807, 2.05) is 0 Å². The number of benzene rings is 1. The van der Waals surface area contributed by atoms with Gasteiger partial charge < -0.3 is 14.8 Å². The lowest BCUT2D eigenvalue weighted by molar-refractivity contribution is -0.126. The van der Waals surface area contributed by atoms with Gasteiger partial charge in [0.25, 0.3) is 0 Å². The molecule has 7 nitrogen and oxygen atoms in total. The molecule has 0 bridgehead atoms. The highest BCUT2D eigenvalue weighted by atomic mass is 32.2. The summed E-state index contributed by atoms with van der Waals surface area (Å²) in [6.07, 6.45) is 1.03. The molecule has 1 heterocycles. The van der Waals surface area contributed by atoms with Gasteiger partial charge in [0.1, 0.15) is 0 Å². The number of sulfonamides is 1. The maximum absolute atomic E-state index is 12.9. The molecule has 2 rings (SSSR count). The average molecular weight is 399 g/mol. The van der Waals surface area contributed by atoms with Gasteiger partial charge in [0.15, 0.2) is 11.5 Å². The second kappa shape index (κ2) is 8.48. The molecule has 0 aromatic heterocycles. The Balaban J connectivity index is 2.03. The molecular formula is C19H30N2O5S. The van der Waals surface area contributed by atoms with Crippen molar-refractivity contribution in [1.29, 1.82) is 0 Å². The van der Waals surface area contributed by atoms with Gasteiger partial charge in [-0.1, -0.05) is 20.8 Å². The van der Waals surface area contributed by atoms with Gasteiger partial charge >= 0.3 is 0 Å². The Morgan fingerprint density at radius 2 is 1.74 bits per heavy atom. The first-order chi connectivity index (χ1) is 12.6. The topological polar surface area (TPSA) is 84.9 Å². The van der Waals surface area contributed by atoms with E-state index in [0.717, 1.165) is 0 Å². The molecular weight excluding hydrogens is 368 g/mol. The smallest absolute Gasteiger partial charge is 0.243 e. The number of hydrogen-bond acceptors (Lipinski definition) is 5. The second-order valence-corrected chi connectivity index (χ2v) is 9.91. The standard InChI is InChI=1S/C19H30N2O5S/c1-19(2,3)13-20-18(22)14-8-10-21(11-9-14)27(23,24)15-6-7-16(25-4)17(12-15)26-5/h6-7,12,14H,8-11,13H2,1-5H3,(H,20,22).